The lowest BCUT2D eigenvalue weighted by atomic mass is 9.84. The Morgan fingerprint density at radius 3 is 2.71 bits per heavy atom. The average Bonchev–Trinajstić information content (AvgIpc) is 3.09. The molecule has 1 atom stereocenters. The number of likely N-dealkylation sites (tertiary alicyclic amines) is 1. The van der Waals surface area contributed by atoms with Crippen molar-refractivity contribution >= 4 is 5.91 Å². The Hall–Kier alpha value is -1.39. The molecule has 1 amide bonds. The molecular weight excluding hydrogens is 266 g/mol. The molecule has 1 aliphatic carbocycles. The minimum absolute atomic E-state index is 0.150. The van der Waals surface area contributed by atoms with E-state index in [1.807, 2.05) is 0 Å². The van der Waals surface area contributed by atoms with Crippen LogP contribution in [0, 0.1) is 12.8 Å². The molecule has 0 N–H and O–H groups in total. The number of aryl methyl sites for hydroxylation is 1. The van der Waals surface area contributed by atoms with Gasteiger partial charge in [0.25, 0.3) is 0 Å². The van der Waals surface area contributed by atoms with Crippen LogP contribution >= 0.6 is 0 Å². The maximum absolute atomic E-state index is 12.5. The van der Waals surface area contributed by atoms with E-state index in [0.29, 0.717) is 17.8 Å². The van der Waals surface area contributed by atoms with Gasteiger partial charge in [-0.15, -0.1) is 10.2 Å². The number of amides is 1. The van der Waals surface area contributed by atoms with Gasteiger partial charge in [-0.2, -0.15) is 0 Å². The first-order valence-corrected chi connectivity index (χ1v) is 8.31. The molecule has 5 nitrogen and oxygen atoms in total. The highest BCUT2D eigenvalue weighted by atomic mass is 16.4. The van der Waals surface area contributed by atoms with Gasteiger partial charge in [-0.25, -0.2) is 0 Å². The van der Waals surface area contributed by atoms with Crippen LogP contribution in [0.1, 0.15) is 63.1 Å². The van der Waals surface area contributed by atoms with Crippen LogP contribution in [0.15, 0.2) is 4.42 Å². The molecule has 0 bridgehead atoms. The minimum atomic E-state index is 0.150. The van der Waals surface area contributed by atoms with Crippen LogP contribution in [0.3, 0.4) is 0 Å². The van der Waals surface area contributed by atoms with Crippen LogP contribution < -0.4 is 0 Å². The second-order valence-electron chi connectivity index (χ2n) is 6.51. The molecule has 1 saturated heterocycles. The highest BCUT2D eigenvalue weighted by molar-refractivity contribution is 5.78. The summed E-state index contributed by atoms with van der Waals surface area (Å²) in [5, 5.41) is 7.73. The standard InChI is InChI=1S/C16H25N3O2/c1-12-17-18-15(21-12)11-16(20)19-9-5-8-14(19)10-13-6-3-2-4-7-13/h13-14H,2-11H2,1H3. The number of nitrogens with zero attached hydrogens (tertiary/aromatic N) is 3. The van der Waals surface area contributed by atoms with Crippen LogP contribution in [-0.4, -0.2) is 33.6 Å². The van der Waals surface area contributed by atoms with Gasteiger partial charge in [0.15, 0.2) is 0 Å². The van der Waals surface area contributed by atoms with Crippen LogP contribution in [0.4, 0.5) is 0 Å². The van der Waals surface area contributed by atoms with Crippen molar-refractivity contribution < 1.29 is 9.21 Å². The number of carbonyl (C=O) groups excluding carboxylic acids is 1. The molecule has 0 spiro atoms. The molecular formula is C16H25N3O2. The number of rotatable bonds is 4. The van der Waals surface area contributed by atoms with Crippen molar-refractivity contribution in [1.82, 2.24) is 15.1 Å². The average molecular weight is 291 g/mol. The summed E-state index contributed by atoms with van der Waals surface area (Å²) in [5.41, 5.74) is 0. The molecule has 116 valence electrons. The number of hydrogen-bond acceptors (Lipinski definition) is 4. The summed E-state index contributed by atoms with van der Waals surface area (Å²) >= 11 is 0. The molecule has 21 heavy (non-hydrogen) atoms. The molecule has 3 rings (SSSR count). The van der Waals surface area contributed by atoms with Gasteiger partial charge >= 0.3 is 0 Å². The first-order valence-electron chi connectivity index (χ1n) is 8.31. The molecule has 2 aliphatic rings. The lowest BCUT2D eigenvalue weighted by Gasteiger charge is -2.30. The molecule has 1 unspecified atom stereocenters. The molecule has 2 heterocycles. The topological polar surface area (TPSA) is 59.2 Å². The highest BCUT2D eigenvalue weighted by Crippen LogP contribution is 2.32. The van der Waals surface area contributed by atoms with Crippen LogP contribution in [-0.2, 0) is 11.2 Å². The van der Waals surface area contributed by atoms with Gasteiger partial charge < -0.3 is 9.32 Å². The van der Waals surface area contributed by atoms with Crippen molar-refractivity contribution in [2.45, 2.75) is 70.8 Å². The molecule has 0 aromatic carbocycles. The van der Waals surface area contributed by atoms with E-state index in [0.717, 1.165) is 25.3 Å². The van der Waals surface area contributed by atoms with Crippen molar-refractivity contribution in [1.29, 1.82) is 0 Å². The Morgan fingerprint density at radius 2 is 2.00 bits per heavy atom. The molecule has 5 heteroatoms. The fourth-order valence-electron chi connectivity index (χ4n) is 3.86. The first-order chi connectivity index (χ1) is 10.2. The lowest BCUT2D eigenvalue weighted by molar-refractivity contribution is -0.131. The summed E-state index contributed by atoms with van der Waals surface area (Å²) in [7, 11) is 0. The van der Waals surface area contributed by atoms with Gasteiger partial charge in [-0.05, 0) is 25.2 Å². The second kappa shape index (κ2) is 6.58. The largest absolute Gasteiger partial charge is 0.425 e. The maximum atomic E-state index is 12.5. The minimum Gasteiger partial charge on any atom is -0.425 e. The SMILES string of the molecule is Cc1nnc(CC(=O)N2CCCC2CC2CCCCC2)o1. The third kappa shape index (κ3) is 3.63. The Balaban J connectivity index is 1.56. The van der Waals surface area contributed by atoms with Crippen molar-refractivity contribution in [3.05, 3.63) is 11.8 Å². The zero-order valence-corrected chi connectivity index (χ0v) is 12.9. The number of carbonyl (C=O) groups is 1. The third-order valence-corrected chi connectivity index (χ3v) is 4.90. The van der Waals surface area contributed by atoms with E-state index in [-0.39, 0.29) is 12.3 Å². The smallest absolute Gasteiger partial charge is 0.232 e. The summed E-state index contributed by atoms with van der Waals surface area (Å²) < 4.78 is 5.33. The van der Waals surface area contributed by atoms with Gasteiger partial charge in [0.05, 0.1) is 0 Å². The summed E-state index contributed by atoms with van der Waals surface area (Å²) in [6, 6.07) is 0.435. The van der Waals surface area contributed by atoms with Crippen molar-refractivity contribution in [2.75, 3.05) is 6.54 Å². The zero-order chi connectivity index (χ0) is 14.7. The van der Waals surface area contributed by atoms with Crippen molar-refractivity contribution in [3.63, 3.8) is 0 Å². The number of hydrogen-bond donors (Lipinski definition) is 0. The van der Waals surface area contributed by atoms with E-state index in [9.17, 15) is 4.79 Å². The Kier molecular flexibility index (Phi) is 4.56. The van der Waals surface area contributed by atoms with Crippen LogP contribution in [0.5, 0.6) is 0 Å². The fourth-order valence-corrected chi connectivity index (χ4v) is 3.86. The van der Waals surface area contributed by atoms with E-state index in [2.05, 4.69) is 15.1 Å². The second-order valence-corrected chi connectivity index (χ2v) is 6.51. The number of aromatic nitrogens is 2. The van der Waals surface area contributed by atoms with Gasteiger partial charge in [-0.1, -0.05) is 32.1 Å². The van der Waals surface area contributed by atoms with Crippen molar-refractivity contribution in [2.24, 2.45) is 5.92 Å². The first kappa shape index (κ1) is 14.5. The predicted molar refractivity (Wildman–Crippen MR) is 78.7 cm³/mol. The predicted octanol–water partition coefficient (Wildman–Crippen LogP) is 2.88. The summed E-state index contributed by atoms with van der Waals surface area (Å²) in [6.07, 6.45) is 10.6. The molecule has 1 saturated carbocycles. The van der Waals surface area contributed by atoms with E-state index in [4.69, 9.17) is 4.42 Å². The van der Waals surface area contributed by atoms with Gasteiger partial charge in [0, 0.05) is 19.5 Å². The van der Waals surface area contributed by atoms with E-state index in [1.54, 1.807) is 6.92 Å². The van der Waals surface area contributed by atoms with Gasteiger partial charge in [-0.3, -0.25) is 4.79 Å². The van der Waals surface area contributed by atoms with Crippen LogP contribution in [0.25, 0.3) is 0 Å². The molecule has 1 aromatic rings. The van der Waals surface area contributed by atoms with E-state index < -0.39 is 0 Å². The summed E-state index contributed by atoms with van der Waals surface area (Å²) in [6.45, 7) is 2.64. The molecule has 2 fully saturated rings. The fraction of sp³-hybridized carbons (Fsp3) is 0.812. The molecule has 0 radical (unpaired) electrons. The molecule has 1 aliphatic heterocycles. The zero-order valence-electron chi connectivity index (χ0n) is 12.9. The third-order valence-electron chi connectivity index (χ3n) is 4.90. The maximum Gasteiger partial charge on any atom is 0.232 e. The van der Waals surface area contributed by atoms with Crippen LogP contribution in [0.2, 0.25) is 0 Å². The highest BCUT2D eigenvalue weighted by Gasteiger charge is 2.31. The monoisotopic (exact) mass is 291 g/mol. The van der Waals surface area contributed by atoms with E-state index in [1.165, 1.54) is 38.5 Å². The lowest BCUT2D eigenvalue weighted by Crippen LogP contribution is -2.38. The Bertz CT molecular complexity index is 480. The normalized spacial score (nSPS) is 23.7. The van der Waals surface area contributed by atoms with Crippen molar-refractivity contribution in [3.8, 4) is 0 Å². The quantitative estimate of drug-likeness (QED) is 0.856. The summed E-state index contributed by atoms with van der Waals surface area (Å²) in [4.78, 5) is 14.5. The van der Waals surface area contributed by atoms with Gasteiger partial charge in [0.1, 0.15) is 6.42 Å². The molecule has 1 aromatic heterocycles. The van der Waals surface area contributed by atoms with Gasteiger partial charge in [0.2, 0.25) is 17.7 Å². The Morgan fingerprint density at radius 1 is 1.19 bits per heavy atom. The summed E-state index contributed by atoms with van der Waals surface area (Å²) in [5.74, 6) is 1.94. The Labute approximate surface area is 126 Å². The van der Waals surface area contributed by atoms with E-state index >= 15 is 0 Å².